The van der Waals surface area contributed by atoms with Gasteiger partial charge >= 0.3 is 6.01 Å². The van der Waals surface area contributed by atoms with Gasteiger partial charge in [0, 0.05) is 0 Å². The Bertz CT molecular complexity index is 751. The second-order valence-corrected chi connectivity index (χ2v) is 5.86. The summed E-state index contributed by atoms with van der Waals surface area (Å²) in [5, 5.41) is 0. The van der Waals surface area contributed by atoms with Gasteiger partial charge in [0.2, 0.25) is 5.88 Å². The Morgan fingerprint density at radius 1 is 0.826 bits per heavy atom. The van der Waals surface area contributed by atoms with Crippen LogP contribution in [0.25, 0.3) is 0 Å². The Kier molecular flexibility index (Phi) is 5.42. The van der Waals surface area contributed by atoms with E-state index in [0.717, 1.165) is 14.7 Å². The molecule has 0 spiro atoms. The average molecular weight is 417 g/mol. The first kappa shape index (κ1) is 15.7. The first-order valence-corrected chi connectivity index (χ1v) is 8.18. The van der Waals surface area contributed by atoms with Crippen LogP contribution < -0.4 is 9.47 Å². The summed E-state index contributed by atoms with van der Waals surface area (Å²) < 4.78 is 12.1. The van der Waals surface area contributed by atoms with Crippen LogP contribution in [0.4, 0.5) is 0 Å². The van der Waals surface area contributed by atoms with Crippen LogP contribution >= 0.6 is 22.6 Å². The Morgan fingerprint density at radius 3 is 2.00 bits per heavy atom. The summed E-state index contributed by atoms with van der Waals surface area (Å²) in [5.41, 5.74) is 2.13. The first-order valence-electron chi connectivity index (χ1n) is 7.10. The lowest BCUT2D eigenvalue weighted by molar-refractivity contribution is 0.256. The second-order valence-electron chi connectivity index (χ2n) is 4.79. The molecule has 1 aromatic heterocycles. The molecule has 1 radical (unpaired) electrons. The molecule has 0 aliphatic rings. The van der Waals surface area contributed by atoms with Gasteiger partial charge in [0.1, 0.15) is 23.0 Å². The molecule has 0 atom stereocenters. The minimum Gasteiger partial charge on any atom is -0.472 e. The van der Waals surface area contributed by atoms with Crippen molar-refractivity contribution in [3.8, 4) is 11.9 Å². The molecule has 0 aliphatic carbocycles. The number of benzene rings is 2. The summed E-state index contributed by atoms with van der Waals surface area (Å²) in [6.07, 6.45) is 2.87. The molecule has 0 unspecified atom stereocenters. The molecule has 0 saturated carbocycles. The quantitative estimate of drug-likeness (QED) is 0.568. The fourth-order valence-electron chi connectivity index (χ4n) is 1.91. The third-order valence-corrected chi connectivity index (χ3v) is 3.77. The molecule has 0 fully saturated rings. The Labute approximate surface area is 148 Å². The molecule has 2 aromatic carbocycles. The standard InChI is InChI=1S/C18H14IN2O2/c19-16-11-20-18(23-13-15-9-5-2-6-10-15)21-17(16)22-12-14-7-3-1-4-8-14/h1-10H,12-13H2. The van der Waals surface area contributed by atoms with E-state index in [-0.39, 0.29) is 6.01 Å². The number of rotatable bonds is 6. The highest BCUT2D eigenvalue weighted by molar-refractivity contribution is 14.1. The molecule has 0 saturated heterocycles. The van der Waals surface area contributed by atoms with Crippen molar-refractivity contribution in [3.05, 3.63) is 81.6 Å². The number of aromatic nitrogens is 2. The third-order valence-electron chi connectivity index (χ3n) is 3.06. The Hall–Kier alpha value is -2.15. The van der Waals surface area contributed by atoms with Crippen molar-refractivity contribution in [3.63, 3.8) is 0 Å². The molecule has 23 heavy (non-hydrogen) atoms. The lowest BCUT2D eigenvalue weighted by atomic mass is 10.2. The van der Waals surface area contributed by atoms with Gasteiger partial charge in [0.05, 0.1) is 0 Å². The van der Waals surface area contributed by atoms with Crippen LogP contribution in [0.2, 0.25) is 0 Å². The van der Waals surface area contributed by atoms with E-state index in [0.29, 0.717) is 19.1 Å². The zero-order valence-electron chi connectivity index (χ0n) is 12.3. The van der Waals surface area contributed by atoms with Gasteiger partial charge in [-0.05, 0) is 33.7 Å². The Morgan fingerprint density at radius 2 is 1.39 bits per heavy atom. The fraction of sp³-hybridized carbons (Fsp3) is 0.111. The van der Waals surface area contributed by atoms with E-state index in [1.165, 1.54) is 0 Å². The zero-order chi connectivity index (χ0) is 15.9. The smallest absolute Gasteiger partial charge is 0.320 e. The molecule has 0 bridgehead atoms. The number of nitrogens with zero attached hydrogens (tertiary/aromatic N) is 2. The van der Waals surface area contributed by atoms with Crippen molar-refractivity contribution in [1.29, 1.82) is 0 Å². The minimum absolute atomic E-state index is 0.261. The lowest BCUT2D eigenvalue weighted by Crippen LogP contribution is -2.04. The van der Waals surface area contributed by atoms with Crippen molar-refractivity contribution >= 4 is 22.6 Å². The van der Waals surface area contributed by atoms with Crippen LogP contribution in [0.15, 0.2) is 60.7 Å². The normalized spacial score (nSPS) is 10.3. The van der Waals surface area contributed by atoms with E-state index < -0.39 is 0 Å². The zero-order valence-corrected chi connectivity index (χ0v) is 14.4. The number of hydrogen-bond acceptors (Lipinski definition) is 4. The van der Waals surface area contributed by atoms with E-state index >= 15 is 0 Å². The van der Waals surface area contributed by atoms with Gasteiger partial charge in [-0.25, -0.2) is 0 Å². The molecule has 0 N–H and O–H groups in total. The highest BCUT2D eigenvalue weighted by atomic mass is 127. The predicted molar refractivity (Wildman–Crippen MR) is 95.1 cm³/mol. The summed E-state index contributed by atoms with van der Waals surface area (Å²) in [5.74, 6) is 0.479. The van der Waals surface area contributed by atoms with Crippen molar-refractivity contribution in [2.75, 3.05) is 0 Å². The van der Waals surface area contributed by atoms with Crippen molar-refractivity contribution in [2.45, 2.75) is 13.2 Å². The minimum atomic E-state index is 0.261. The summed E-state index contributed by atoms with van der Waals surface area (Å²) in [6.45, 7) is 0.854. The molecular formula is C18H14IN2O2. The topological polar surface area (TPSA) is 44.2 Å². The molecule has 5 heteroatoms. The molecule has 3 aromatic rings. The highest BCUT2D eigenvalue weighted by Gasteiger charge is 2.08. The summed E-state index contributed by atoms with van der Waals surface area (Å²) in [6, 6.07) is 20.1. The lowest BCUT2D eigenvalue weighted by Gasteiger charge is -2.09. The first-order chi connectivity index (χ1) is 11.3. The average Bonchev–Trinajstić information content (AvgIpc) is 2.62. The molecule has 115 valence electrons. The Balaban J connectivity index is 1.64. The third kappa shape index (κ3) is 4.66. The van der Waals surface area contributed by atoms with Crippen LogP contribution in [0, 0.1) is 9.77 Å². The van der Waals surface area contributed by atoms with Crippen LogP contribution in [-0.2, 0) is 13.2 Å². The molecule has 1 heterocycles. The van der Waals surface area contributed by atoms with Crippen molar-refractivity contribution in [2.24, 2.45) is 0 Å². The molecular weight excluding hydrogens is 403 g/mol. The number of halogens is 1. The fourth-order valence-corrected chi connectivity index (χ4v) is 2.31. The van der Waals surface area contributed by atoms with E-state index in [1.807, 2.05) is 60.7 Å². The number of hydrogen-bond donors (Lipinski definition) is 0. The van der Waals surface area contributed by atoms with Crippen molar-refractivity contribution in [1.82, 2.24) is 9.97 Å². The van der Waals surface area contributed by atoms with E-state index in [1.54, 1.807) is 0 Å². The van der Waals surface area contributed by atoms with Gasteiger partial charge < -0.3 is 9.47 Å². The predicted octanol–water partition coefficient (Wildman–Crippen LogP) is 4.04. The second kappa shape index (κ2) is 7.92. The van der Waals surface area contributed by atoms with Crippen LogP contribution in [0.5, 0.6) is 11.9 Å². The van der Waals surface area contributed by atoms with E-state index in [9.17, 15) is 0 Å². The maximum Gasteiger partial charge on any atom is 0.320 e. The van der Waals surface area contributed by atoms with Gasteiger partial charge in [-0.2, -0.15) is 9.97 Å². The maximum atomic E-state index is 5.75. The summed E-state index contributed by atoms with van der Waals surface area (Å²) in [7, 11) is 0. The largest absolute Gasteiger partial charge is 0.472 e. The molecule has 0 amide bonds. The maximum absolute atomic E-state index is 5.75. The summed E-state index contributed by atoms with van der Waals surface area (Å²) >= 11 is 2.10. The monoisotopic (exact) mass is 417 g/mol. The molecule has 0 aliphatic heterocycles. The summed E-state index contributed by atoms with van der Waals surface area (Å²) in [4.78, 5) is 8.37. The number of ether oxygens (including phenoxy) is 2. The van der Waals surface area contributed by atoms with Crippen LogP contribution in [0.3, 0.4) is 0 Å². The van der Waals surface area contributed by atoms with Crippen LogP contribution in [0.1, 0.15) is 11.1 Å². The van der Waals surface area contributed by atoms with Gasteiger partial charge in [0.15, 0.2) is 0 Å². The molecule has 3 rings (SSSR count). The van der Waals surface area contributed by atoms with Gasteiger partial charge in [-0.1, -0.05) is 60.7 Å². The highest BCUT2D eigenvalue weighted by Crippen LogP contribution is 2.20. The van der Waals surface area contributed by atoms with Gasteiger partial charge in [0.25, 0.3) is 0 Å². The van der Waals surface area contributed by atoms with Gasteiger partial charge in [-0.3, -0.25) is 0 Å². The van der Waals surface area contributed by atoms with E-state index in [4.69, 9.17) is 9.47 Å². The SMILES string of the molecule is Ic1[c]nc(OCc2ccccc2)nc1OCc1ccccc1. The van der Waals surface area contributed by atoms with Gasteiger partial charge in [-0.15, -0.1) is 0 Å². The van der Waals surface area contributed by atoms with Crippen molar-refractivity contribution < 1.29 is 9.47 Å². The van der Waals surface area contributed by atoms with E-state index in [2.05, 4.69) is 38.8 Å². The molecule has 4 nitrogen and oxygen atoms in total. The van der Waals surface area contributed by atoms with Crippen LogP contribution in [-0.4, -0.2) is 9.97 Å².